The van der Waals surface area contributed by atoms with Gasteiger partial charge in [0, 0.05) is 20.7 Å². The lowest BCUT2D eigenvalue weighted by molar-refractivity contribution is 0.747. The Hall–Kier alpha value is -1.89. The summed E-state index contributed by atoms with van der Waals surface area (Å²) < 4.78 is 1.65. The maximum atomic E-state index is 13.1. The van der Waals surface area contributed by atoms with Crippen molar-refractivity contribution in [3.63, 3.8) is 0 Å². The van der Waals surface area contributed by atoms with Crippen LogP contribution in [0.5, 0.6) is 0 Å². The van der Waals surface area contributed by atoms with E-state index in [9.17, 15) is 4.79 Å². The van der Waals surface area contributed by atoms with Crippen molar-refractivity contribution in [3.05, 3.63) is 62.1 Å². The van der Waals surface area contributed by atoms with Crippen molar-refractivity contribution in [1.82, 2.24) is 14.5 Å². The number of halogens is 1. The molecule has 0 amide bonds. The predicted molar refractivity (Wildman–Crippen MR) is 114 cm³/mol. The molecule has 136 valence electrons. The fraction of sp³-hybridized carbons (Fsp3) is 0.250. The Bertz CT molecular complexity index is 1260. The van der Waals surface area contributed by atoms with Gasteiger partial charge in [0.05, 0.1) is 23.8 Å². The van der Waals surface area contributed by atoms with Gasteiger partial charge >= 0.3 is 0 Å². The molecule has 0 radical (unpaired) electrons. The van der Waals surface area contributed by atoms with Crippen molar-refractivity contribution in [2.45, 2.75) is 30.7 Å². The highest BCUT2D eigenvalue weighted by molar-refractivity contribution is 7.98. The summed E-state index contributed by atoms with van der Waals surface area (Å²) in [6.45, 7) is 0.373. The third-order valence-electron chi connectivity index (χ3n) is 5.08. The summed E-state index contributed by atoms with van der Waals surface area (Å²) in [5.41, 5.74) is 2.92. The first-order chi connectivity index (χ1) is 13.1. The van der Waals surface area contributed by atoms with Gasteiger partial charge in [-0.05, 0) is 49.3 Å². The first-order valence-electron chi connectivity index (χ1n) is 8.77. The van der Waals surface area contributed by atoms with E-state index in [1.165, 1.54) is 10.4 Å². The van der Waals surface area contributed by atoms with Crippen LogP contribution >= 0.6 is 34.7 Å². The number of aromatic nitrogens is 3. The minimum atomic E-state index is 0.0216. The lowest BCUT2D eigenvalue weighted by Gasteiger charge is -2.09. The molecule has 3 aromatic heterocycles. The topological polar surface area (TPSA) is 47.8 Å². The molecule has 0 saturated heterocycles. The molecule has 4 aromatic rings. The SMILES string of the molecule is CSc1ccc2cc(Cn3cnc4sc5c(c4c3=O)CCC5)c(Cl)nc2c1. The molecule has 5 rings (SSSR count). The van der Waals surface area contributed by atoms with Gasteiger partial charge in [0.15, 0.2) is 0 Å². The van der Waals surface area contributed by atoms with E-state index in [1.807, 2.05) is 24.5 Å². The molecule has 0 bridgehead atoms. The van der Waals surface area contributed by atoms with E-state index < -0.39 is 0 Å². The number of hydrogen-bond acceptors (Lipinski definition) is 5. The highest BCUT2D eigenvalue weighted by Gasteiger charge is 2.21. The maximum absolute atomic E-state index is 13.1. The maximum Gasteiger partial charge on any atom is 0.262 e. The largest absolute Gasteiger partial charge is 0.294 e. The standard InChI is InChI=1S/C20H16ClN3OS2/c1-26-13-6-5-11-7-12(18(21)23-15(11)8-13)9-24-10-22-19-17(20(24)25)14-3-2-4-16(14)27-19/h5-8,10H,2-4,9H2,1H3. The minimum absolute atomic E-state index is 0.0216. The van der Waals surface area contributed by atoms with Crippen LogP contribution in [0.4, 0.5) is 0 Å². The molecule has 0 aliphatic heterocycles. The highest BCUT2D eigenvalue weighted by Crippen LogP contribution is 2.34. The molecule has 0 unspecified atom stereocenters. The van der Waals surface area contributed by atoms with Crippen LogP contribution < -0.4 is 5.56 Å². The van der Waals surface area contributed by atoms with Crippen molar-refractivity contribution < 1.29 is 0 Å². The Morgan fingerprint density at radius 2 is 2.19 bits per heavy atom. The predicted octanol–water partition coefficient (Wildman–Crippen LogP) is 4.92. The van der Waals surface area contributed by atoms with E-state index in [0.29, 0.717) is 11.7 Å². The second-order valence-corrected chi connectivity index (χ2v) is 9.03. The van der Waals surface area contributed by atoms with Gasteiger partial charge in [-0.25, -0.2) is 9.97 Å². The molecule has 0 fully saturated rings. The van der Waals surface area contributed by atoms with E-state index in [0.717, 1.165) is 50.8 Å². The second kappa shape index (κ2) is 6.62. The molecular formula is C20H16ClN3OS2. The molecule has 0 spiro atoms. The molecule has 0 saturated carbocycles. The highest BCUT2D eigenvalue weighted by atomic mass is 35.5. The first-order valence-corrected chi connectivity index (χ1v) is 11.2. The van der Waals surface area contributed by atoms with Crippen LogP contribution in [0.3, 0.4) is 0 Å². The molecule has 4 nitrogen and oxygen atoms in total. The number of rotatable bonds is 3. The Morgan fingerprint density at radius 3 is 3.04 bits per heavy atom. The zero-order chi connectivity index (χ0) is 18.5. The smallest absolute Gasteiger partial charge is 0.262 e. The van der Waals surface area contributed by atoms with E-state index in [1.54, 1.807) is 34.0 Å². The summed E-state index contributed by atoms with van der Waals surface area (Å²) in [6.07, 6.45) is 6.84. The molecule has 1 aliphatic rings. The number of pyridine rings is 1. The molecular weight excluding hydrogens is 398 g/mol. The summed E-state index contributed by atoms with van der Waals surface area (Å²) in [5.74, 6) is 0. The van der Waals surface area contributed by atoms with Crippen LogP contribution in [0, 0.1) is 0 Å². The van der Waals surface area contributed by atoms with Gasteiger partial charge in [0.1, 0.15) is 9.98 Å². The lowest BCUT2D eigenvalue weighted by Crippen LogP contribution is -2.21. The minimum Gasteiger partial charge on any atom is -0.294 e. The zero-order valence-corrected chi connectivity index (χ0v) is 17.0. The second-order valence-electron chi connectivity index (χ2n) is 6.71. The third-order valence-corrected chi connectivity index (χ3v) is 7.34. The Labute approximate surface area is 169 Å². The summed E-state index contributed by atoms with van der Waals surface area (Å²) in [4.78, 5) is 25.5. The van der Waals surface area contributed by atoms with Crippen molar-refractivity contribution in [3.8, 4) is 0 Å². The van der Waals surface area contributed by atoms with Crippen molar-refractivity contribution in [1.29, 1.82) is 0 Å². The van der Waals surface area contributed by atoms with E-state index in [-0.39, 0.29) is 5.56 Å². The molecule has 0 N–H and O–H groups in total. The van der Waals surface area contributed by atoms with E-state index >= 15 is 0 Å². The van der Waals surface area contributed by atoms with Crippen LogP contribution in [0.1, 0.15) is 22.4 Å². The number of benzene rings is 1. The molecule has 0 atom stereocenters. The summed E-state index contributed by atoms with van der Waals surface area (Å²) in [7, 11) is 0. The number of hydrogen-bond donors (Lipinski definition) is 0. The molecule has 1 aromatic carbocycles. The van der Waals surface area contributed by atoms with Crippen LogP contribution in [-0.4, -0.2) is 20.8 Å². The molecule has 3 heterocycles. The summed E-state index contributed by atoms with van der Waals surface area (Å²) in [6, 6.07) is 8.17. The van der Waals surface area contributed by atoms with Crippen molar-refractivity contribution >= 4 is 55.8 Å². The summed E-state index contributed by atoms with van der Waals surface area (Å²) in [5, 5.41) is 2.25. The van der Waals surface area contributed by atoms with Gasteiger partial charge in [-0.1, -0.05) is 17.7 Å². The number of aryl methyl sites for hydroxylation is 2. The van der Waals surface area contributed by atoms with Gasteiger partial charge in [-0.2, -0.15) is 0 Å². The first kappa shape index (κ1) is 17.2. The quantitative estimate of drug-likeness (QED) is 0.353. The molecule has 27 heavy (non-hydrogen) atoms. The average Bonchev–Trinajstić information content (AvgIpc) is 3.25. The van der Waals surface area contributed by atoms with Gasteiger partial charge in [0.2, 0.25) is 0 Å². The zero-order valence-electron chi connectivity index (χ0n) is 14.7. The van der Waals surface area contributed by atoms with Gasteiger partial charge in [-0.3, -0.25) is 9.36 Å². The Kier molecular flexibility index (Phi) is 4.22. The van der Waals surface area contributed by atoms with Gasteiger partial charge in [-0.15, -0.1) is 23.1 Å². The number of nitrogens with zero attached hydrogens (tertiary/aromatic N) is 3. The van der Waals surface area contributed by atoms with Crippen LogP contribution in [0.2, 0.25) is 5.15 Å². The molecule has 1 aliphatic carbocycles. The van der Waals surface area contributed by atoms with Crippen LogP contribution in [0.15, 0.2) is 40.3 Å². The van der Waals surface area contributed by atoms with E-state index in [4.69, 9.17) is 11.6 Å². The van der Waals surface area contributed by atoms with Gasteiger partial charge < -0.3 is 0 Å². The Morgan fingerprint density at radius 1 is 1.30 bits per heavy atom. The summed E-state index contributed by atoms with van der Waals surface area (Å²) >= 11 is 9.77. The van der Waals surface area contributed by atoms with Crippen molar-refractivity contribution in [2.75, 3.05) is 6.26 Å². The number of thiophene rings is 1. The monoisotopic (exact) mass is 413 g/mol. The lowest BCUT2D eigenvalue weighted by atomic mass is 10.1. The Balaban J connectivity index is 1.60. The fourth-order valence-electron chi connectivity index (χ4n) is 3.72. The van der Waals surface area contributed by atoms with Crippen LogP contribution in [-0.2, 0) is 19.4 Å². The van der Waals surface area contributed by atoms with Crippen molar-refractivity contribution in [2.24, 2.45) is 0 Å². The third kappa shape index (κ3) is 2.87. The molecule has 7 heteroatoms. The average molecular weight is 414 g/mol. The normalized spacial score (nSPS) is 13.6. The number of fused-ring (bicyclic) bond motifs is 4. The fourth-order valence-corrected chi connectivity index (χ4v) is 5.58. The number of thioether (sulfide) groups is 1. The van der Waals surface area contributed by atoms with E-state index in [2.05, 4.69) is 16.0 Å². The van der Waals surface area contributed by atoms with Gasteiger partial charge in [0.25, 0.3) is 5.56 Å². The van der Waals surface area contributed by atoms with Crippen LogP contribution in [0.25, 0.3) is 21.1 Å².